The molecule has 2 rings (SSSR count). The molecule has 100 valence electrons. The van der Waals surface area contributed by atoms with Crippen molar-refractivity contribution in [2.45, 2.75) is 32.0 Å². The number of ether oxygens (including phenoxy) is 2. The number of hydrogen-bond acceptors (Lipinski definition) is 3. The van der Waals surface area contributed by atoms with Crippen molar-refractivity contribution in [1.29, 1.82) is 0 Å². The number of hydrogen-bond donors (Lipinski definition) is 1. The van der Waals surface area contributed by atoms with Crippen molar-refractivity contribution >= 4 is 0 Å². The Morgan fingerprint density at radius 2 is 2.17 bits per heavy atom. The maximum Gasteiger partial charge on any atom is 0.0952 e. The Balaban J connectivity index is 2.19. The SMILES string of the molecule is COC(C)(C)Cc1ccccc1C1CNCCO1. The van der Waals surface area contributed by atoms with Gasteiger partial charge in [-0.3, -0.25) is 0 Å². The van der Waals surface area contributed by atoms with E-state index in [-0.39, 0.29) is 11.7 Å². The molecule has 0 radical (unpaired) electrons. The molecule has 1 saturated heterocycles. The van der Waals surface area contributed by atoms with Crippen LogP contribution in [0.25, 0.3) is 0 Å². The van der Waals surface area contributed by atoms with E-state index in [9.17, 15) is 0 Å². The fourth-order valence-corrected chi connectivity index (χ4v) is 2.31. The van der Waals surface area contributed by atoms with Gasteiger partial charge in [-0.25, -0.2) is 0 Å². The van der Waals surface area contributed by atoms with Crippen LogP contribution in [0, 0.1) is 0 Å². The Labute approximate surface area is 109 Å². The van der Waals surface area contributed by atoms with Crippen molar-refractivity contribution in [2.24, 2.45) is 0 Å². The van der Waals surface area contributed by atoms with Crippen LogP contribution >= 0.6 is 0 Å². The molecule has 1 fully saturated rings. The zero-order valence-electron chi connectivity index (χ0n) is 11.5. The van der Waals surface area contributed by atoms with E-state index >= 15 is 0 Å². The Hall–Kier alpha value is -0.900. The van der Waals surface area contributed by atoms with E-state index in [4.69, 9.17) is 9.47 Å². The van der Waals surface area contributed by atoms with E-state index < -0.39 is 0 Å². The minimum atomic E-state index is -0.141. The molecule has 3 heteroatoms. The zero-order chi connectivity index (χ0) is 13.0. The van der Waals surface area contributed by atoms with Gasteiger partial charge in [-0.05, 0) is 25.0 Å². The number of nitrogens with one attached hydrogen (secondary N) is 1. The Bertz CT molecular complexity index is 384. The maximum atomic E-state index is 5.85. The quantitative estimate of drug-likeness (QED) is 0.888. The Morgan fingerprint density at radius 3 is 2.83 bits per heavy atom. The zero-order valence-corrected chi connectivity index (χ0v) is 11.5. The molecule has 1 aromatic rings. The molecule has 3 nitrogen and oxygen atoms in total. The van der Waals surface area contributed by atoms with Crippen molar-refractivity contribution < 1.29 is 9.47 Å². The van der Waals surface area contributed by atoms with Gasteiger partial charge < -0.3 is 14.8 Å². The van der Waals surface area contributed by atoms with Crippen molar-refractivity contribution in [2.75, 3.05) is 26.8 Å². The molecule has 1 aliphatic heterocycles. The second kappa shape index (κ2) is 5.83. The van der Waals surface area contributed by atoms with E-state index in [1.54, 1.807) is 7.11 Å². The summed E-state index contributed by atoms with van der Waals surface area (Å²) in [5, 5.41) is 3.38. The number of morpholine rings is 1. The van der Waals surface area contributed by atoms with Crippen LogP contribution in [0.4, 0.5) is 0 Å². The van der Waals surface area contributed by atoms with E-state index in [1.807, 2.05) is 0 Å². The topological polar surface area (TPSA) is 30.5 Å². The highest BCUT2D eigenvalue weighted by molar-refractivity contribution is 5.31. The fourth-order valence-electron chi connectivity index (χ4n) is 2.31. The van der Waals surface area contributed by atoms with Gasteiger partial charge in [0.25, 0.3) is 0 Å². The van der Waals surface area contributed by atoms with E-state index in [2.05, 4.69) is 43.4 Å². The number of rotatable bonds is 4. The summed E-state index contributed by atoms with van der Waals surface area (Å²) in [5.41, 5.74) is 2.46. The van der Waals surface area contributed by atoms with Crippen LogP contribution in [0.3, 0.4) is 0 Å². The first kappa shape index (κ1) is 13.5. The summed E-state index contributed by atoms with van der Waals surface area (Å²) in [5.74, 6) is 0. The van der Waals surface area contributed by atoms with Gasteiger partial charge >= 0.3 is 0 Å². The molecule has 0 amide bonds. The largest absolute Gasteiger partial charge is 0.378 e. The van der Waals surface area contributed by atoms with Crippen LogP contribution in [-0.2, 0) is 15.9 Å². The lowest BCUT2D eigenvalue weighted by Gasteiger charge is -2.29. The Kier molecular flexibility index (Phi) is 4.38. The van der Waals surface area contributed by atoms with Crippen LogP contribution in [0.5, 0.6) is 0 Å². The van der Waals surface area contributed by atoms with Crippen molar-refractivity contribution in [1.82, 2.24) is 5.32 Å². The summed E-state index contributed by atoms with van der Waals surface area (Å²) in [4.78, 5) is 0. The summed E-state index contributed by atoms with van der Waals surface area (Å²) in [6, 6.07) is 8.50. The van der Waals surface area contributed by atoms with Gasteiger partial charge in [0, 0.05) is 26.6 Å². The Morgan fingerprint density at radius 1 is 1.39 bits per heavy atom. The van der Waals surface area contributed by atoms with Crippen LogP contribution in [-0.4, -0.2) is 32.4 Å². The number of methoxy groups -OCH3 is 1. The van der Waals surface area contributed by atoms with Crippen molar-refractivity contribution in [3.8, 4) is 0 Å². The van der Waals surface area contributed by atoms with Gasteiger partial charge in [-0.1, -0.05) is 24.3 Å². The summed E-state index contributed by atoms with van der Waals surface area (Å²) in [7, 11) is 1.77. The molecule has 1 aliphatic rings. The van der Waals surface area contributed by atoms with Gasteiger partial charge in [0.05, 0.1) is 18.3 Å². The van der Waals surface area contributed by atoms with Gasteiger partial charge in [0.15, 0.2) is 0 Å². The average Bonchev–Trinajstić information content (AvgIpc) is 2.40. The van der Waals surface area contributed by atoms with Gasteiger partial charge in [-0.2, -0.15) is 0 Å². The highest BCUT2D eigenvalue weighted by atomic mass is 16.5. The summed E-state index contributed by atoms with van der Waals surface area (Å²) in [6.45, 7) is 6.85. The highest BCUT2D eigenvalue weighted by Crippen LogP contribution is 2.26. The van der Waals surface area contributed by atoms with Crippen LogP contribution < -0.4 is 5.32 Å². The molecule has 0 aromatic heterocycles. The summed E-state index contributed by atoms with van der Waals surface area (Å²) < 4.78 is 11.4. The molecule has 1 aromatic carbocycles. The molecular formula is C15H23NO2. The standard InChI is InChI=1S/C15H23NO2/c1-15(2,17-3)10-12-6-4-5-7-13(12)14-11-16-8-9-18-14/h4-7,14,16H,8-11H2,1-3H3. The molecule has 0 bridgehead atoms. The van der Waals surface area contributed by atoms with Gasteiger partial charge in [-0.15, -0.1) is 0 Å². The minimum absolute atomic E-state index is 0.141. The lowest BCUT2D eigenvalue weighted by Crippen LogP contribution is -2.34. The van der Waals surface area contributed by atoms with Crippen LogP contribution in [0.15, 0.2) is 24.3 Å². The molecule has 0 spiro atoms. The molecule has 1 N–H and O–H groups in total. The second-order valence-corrected chi connectivity index (χ2v) is 5.40. The average molecular weight is 249 g/mol. The van der Waals surface area contributed by atoms with E-state index in [0.29, 0.717) is 0 Å². The third-order valence-electron chi connectivity index (χ3n) is 3.50. The smallest absolute Gasteiger partial charge is 0.0952 e. The third kappa shape index (κ3) is 3.31. The predicted octanol–water partition coefficient (Wildman–Crippen LogP) is 2.32. The van der Waals surface area contributed by atoms with Gasteiger partial charge in [0.2, 0.25) is 0 Å². The second-order valence-electron chi connectivity index (χ2n) is 5.40. The summed E-state index contributed by atoms with van der Waals surface area (Å²) >= 11 is 0. The van der Waals surface area contributed by atoms with Crippen molar-refractivity contribution in [3.63, 3.8) is 0 Å². The first-order chi connectivity index (χ1) is 8.62. The lowest BCUT2D eigenvalue weighted by atomic mass is 9.92. The maximum absolute atomic E-state index is 5.85. The molecular weight excluding hydrogens is 226 g/mol. The van der Waals surface area contributed by atoms with Crippen LogP contribution in [0.1, 0.15) is 31.1 Å². The number of benzene rings is 1. The normalized spacial score (nSPS) is 20.9. The third-order valence-corrected chi connectivity index (χ3v) is 3.50. The molecule has 18 heavy (non-hydrogen) atoms. The van der Waals surface area contributed by atoms with Crippen LogP contribution in [0.2, 0.25) is 0 Å². The highest BCUT2D eigenvalue weighted by Gasteiger charge is 2.23. The first-order valence-electron chi connectivity index (χ1n) is 6.58. The van der Waals surface area contributed by atoms with E-state index in [0.717, 1.165) is 26.1 Å². The van der Waals surface area contributed by atoms with Gasteiger partial charge in [0.1, 0.15) is 0 Å². The monoisotopic (exact) mass is 249 g/mol. The molecule has 0 aliphatic carbocycles. The lowest BCUT2D eigenvalue weighted by molar-refractivity contribution is 0.0168. The van der Waals surface area contributed by atoms with E-state index in [1.165, 1.54) is 11.1 Å². The molecule has 1 unspecified atom stereocenters. The minimum Gasteiger partial charge on any atom is -0.378 e. The van der Waals surface area contributed by atoms with Crippen molar-refractivity contribution in [3.05, 3.63) is 35.4 Å². The fraction of sp³-hybridized carbons (Fsp3) is 0.600. The predicted molar refractivity (Wildman–Crippen MR) is 72.8 cm³/mol. The molecule has 0 saturated carbocycles. The summed E-state index contributed by atoms with van der Waals surface area (Å²) in [6.07, 6.45) is 1.07. The molecule has 1 atom stereocenters. The molecule has 1 heterocycles. The first-order valence-corrected chi connectivity index (χ1v) is 6.58.